The van der Waals surface area contributed by atoms with Crippen LogP contribution < -0.4 is 4.90 Å². The molecule has 2 rings (SSSR count). The molecular weight excluding hydrogens is 224 g/mol. The van der Waals surface area contributed by atoms with Crippen LogP contribution in [0.1, 0.15) is 38.8 Å². The van der Waals surface area contributed by atoms with Crippen molar-refractivity contribution in [3.8, 4) is 6.07 Å². The van der Waals surface area contributed by atoms with Crippen molar-refractivity contribution in [2.24, 2.45) is 11.8 Å². The van der Waals surface area contributed by atoms with Gasteiger partial charge in [-0.05, 0) is 31.1 Å². The van der Waals surface area contributed by atoms with Gasteiger partial charge in [0.2, 0.25) is 0 Å². The maximum Gasteiger partial charge on any atom is 0.183 e. The molecule has 0 amide bonds. The third-order valence-corrected chi connectivity index (χ3v) is 3.80. The molecule has 1 aliphatic rings. The molecule has 0 radical (unpaired) electrons. The maximum atomic E-state index is 9.08. The number of rotatable bonds is 2. The van der Waals surface area contributed by atoms with Crippen molar-refractivity contribution < 1.29 is 0 Å². The summed E-state index contributed by atoms with van der Waals surface area (Å²) in [6.07, 6.45) is 6.87. The summed E-state index contributed by atoms with van der Waals surface area (Å²) in [6.45, 7) is 6.56. The monoisotopic (exact) mass is 244 g/mol. The lowest BCUT2D eigenvalue weighted by Gasteiger charge is -2.22. The van der Waals surface area contributed by atoms with Crippen LogP contribution in [0, 0.1) is 23.2 Å². The van der Waals surface area contributed by atoms with E-state index in [4.69, 9.17) is 5.26 Å². The van der Waals surface area contributed by atoms with Crippen molar-refractivity contribution in [2.75, 3.05) is 18.0 Å². The molecule has 1 aromatic rings. The quantitative estimate of drug-likeness (QED) is 0.802. The Kier molecular flexibility index (Phi) is 4.14. The fourth-order valence-electron chi connectivity index (χ4n) is 2.64. The van der Waals surface area contributed by atoms with Crippen molar-refractivity contribution in [1.82, 2.24) is 9.97 Å². The van der Waals surface area contributed by atoms with Crippen LogP contribution in [0.3, 0.4) is 0 Å². The van der Waals surface area contributed by atoms with E-state index in [2.05, 4.69) is 34.8 Å². The van der Waals surface area contributed by atoms with Crippen molar-refractivity contribution in [1.29, 1.82) is 5.26 Å². The van der Waals surface area contributed by atoms with Gasteiger partial charge >= 0.3 is 0 Å². The van der Waals surface area contributed by atoms with Gasteiger partial charge in [0.05, 0.1) is 0 Å². The van der Waals surface area contributed by atoms with Crippen molar-refractivity contribution in [2.45, 2.75) is 33.1 Å². The molecule has 2 heterocycles. The van der Waals surface area contributed by atoms with Crippen LogP contribution in [0.2, 0.25) is 0 Å². The molecule has 4 heteroatoms. The highest BCUT2D eigenvalue weighted by molar-refractivity contribution is 5.49. The Morgan fingerprint density at radius 3 is 2.78 bits per heavy atom. The molecule has 0 saturated carbocycles. The van der Waals surface area contributed by atoms with E-state index in [1.165, 1.54) is 19.3 Å². The molecular formula is C14H20N4. The van der Waals surface area contributed by atoms with Gasteiger partial charge in [0.15, 0.2) is 11.5 Å². The minimum Gasteiger partial charge on any atom is -0.354 e. The summed E-state index contributed by atoms with van der Waals surface area (Å²) >= 11 is 0. The number of nitrogens with zero attached hydrogens (tertiary/aromatic N) is 4. The minimum absolute atomic E-state index is 0.445. The first-order chi connectivity index (χ1) is 8.72. The van der Waals surface area contributed by atoms with Gasteiger partial charge in [-0.25, -0.2) is 9.97 Å². The molecule has 0 spiro atoms. The summed E-state index contributed by atoms with van der Waals surface area (Å²) in [6, 6.07) is 2.13. The molecule has 1 saturated heterocycles. The lowest BCUT2D eigenvalue weighted by Crippen LogP contribution is -2.26. The fourth-order valence-corrected chi connectivity index (χ4v) is 2.64. The first-order valence-corrected chi connectivity index (χ1v) is 6.68. The Labute approximate surface area is 109 Å². The summed E-state index contributed by atoms with van der Waals surface area (Å²) in [4.78, 5) is 10.6. The highest BCUT2D eigenvalue weighted by Gasteiger charge is 2.21. The normalized spacial score (nSPS) is 20.6. The highest BCUT2D eigenvalue weighted by atomic mass is 15.2. The molecule has 1 fully saturated rings. The Bertz CT molecular complexity index is 436. The van der Waals surface area contributed by atoms with Crippen molar-refractivity contribution in [3.63, 3.8) is 0 Å². The smallest absolute Gasteiger partial charge is 0.183 e. The Morgan fingerprint density at radius 1 is 1.28 bits per heavy atom. The van der Waals surface area contributed by atoms with E-state index in [0.29, 0.717) is 5.69 Å². The Balaban J connectivity index is 2.13. The molecule has 0 unspecified atom stereocenters. The molecule has 0 aromatic carbocycles. The van der Waals surface area contributed by atoms with E-state index in [9.17, 15) is 0 Å². The van der Waals surface area contributed by atoms with Crippen LogP contribution in [-0.4, -0.2) is 23.1 Å². The third kappa shape index (κ3) is 2.79. The molecule has 0 aliphatic carbocycles. The SMILES string of the molecule is CC(C)[C@@H]1CCCN(c2nccnc2C#N)CC1. The molecule has 1 atom stereocenters. The number of hydrogen-bond acceptors (Lipinski definition) is 4. The predicted octanol–water partition coefficient (Wildman–Crippen LogP) is 2.61. The zero-order valence-corrected chi connectivity index (χ0v) is 11.1. The van der Waals surface area contributed by atoms with Gasteiger partial charge in [-0.15, -0.1) is 0 Å². The van der Waals surface area contributed by atoms with Gasteiger partial charge in [-0.3, -0.25) is 0 Å². The second-order valence-corrected chi connectivity index (χ2v) is 5.26. The average Bonchev–Trinajstić information content (AvgIpc) is 2.64. The average molecular weight is 244 g/mol. The van der Waals surface area contributed by atoms with Crippen molar-refractivity contribution >= 4 is 5.82 Å². The first-order valence-electron chi connectivity index (χ1n) is 6.68. The van der Waals surface area contributed by atoms with Gasteiger partial charge in [0, 0.05) is 25.5 Å². The number of aromatic nitrogens is 2. The summed E-state index contributed by atoms with van der Waals surface area (Å²) in [5.41, 5.74) is 0.445. The summed E-state index contributed by atoms with van der Waals surface area (Å²) in [7, 11) is 0. The van der Waals surface area contributed by atoms with E-state index in [1.54, 1.807) is 12.4 Å². The zero-order valence-electron chi connectivity index (χ0n) is 11.1. The molecule has 0 N–H and O–H groups in total. The molecule has 0 bridgehead atoms. The van der Waals surface area contributed by atoms with E-state index in [1.807, 2.05) is 0 Å². The second kappa shape index (κ2) is 5.81. The first kappa shape index (κ1) is 12.8. The number of anilines is 1. The van der Waals surface area contributed by atoms with Gasteiger partial charge < -0.3 is 4.90 Å². The van der Waals surface area contributed by atoms with Crippen molar-refractivity contribution in [3.05, 3.63) is 18.1 Å². The van der Waals surface area contributed by atoms with Crippen LogP contribution in [-0.2, 0) is 0 Å². The largest absolute Gasteiger partial charge is 0.354 e. The number of hydrogen-bond donors (Lipinski definition) is 0. The van der Waals surface area contributed by atoms with E-state index in [0.717, 1.165) is 30.7 Å². The summed E-state index contributed by atoms with van der Waals surface area (Å²) in [5, 5.41) is 9.08. The molecule has 1 aromatic heterocycles. The van der Waals surface area contributed by atoms with Gasteiger partial charge in [-0.2, -0.15) is 5.26 Å². The van der Waals surface area contributed by atoms with E-state index in [-0.39, 0.29) is 0 Å². The van der Waals surface area contributed by atoms with E-state index >= 15 is 0 Å². The van der Waals surface area contributed by atoms with E-state index < -0.39 is 0 Å². The summed E-state index contributed by atoms with van der Waals surface area (Å²) in [5.74, 6) is 2.28. The number of nitriles is 1. The lowest BCUT2D eigenvalue weighted by molar-refractivity contribution is 0.351. The van der Waals surface area contributed by atoms with Gasteiger partial charge in [-0.1, -0.05) is 13.8 Å². The third-order valence-electron chi connectivity index (χ3n) is 3.80. The van der Waals surface area contributed by atoms with Crippen LogP contribution >= 0.6 is 0 Å². The van der Waals surface area contributed by atoms with Gasteiger partial charge in [0.1, 0.15) is 6.07 Å². The highest BCUT2D eigenvalue weighted by Crippen LogP contribution is 2.27. The van der Waals surface area contributed by atoms with Gasteiger partial charge in [0.25, 0.3) is 0 Å². The summed E-state index contributed by atoms with van der Waals surface area (Å²) < 4.78 is 0. The van der Waals surface area contributed by atoms with Crippen LogP contribution in [0.5, 0.6) is 0 Å². The molecule has 4 nitrogen and oxygen atoms in total. The van der Waals surface area contributed by atoms with Crippen LogP contribution in [0.4, 0.5) is 5.82 Å². The lowest BCUT2D eigenvalue weighted by atomic mass is 9.89. The predicted molar refractivity (Wildman–Crippen MR) is 71.1 cm³/mol. The second-order valence-electron chi connectivity index (χ2n) is 5.26. The standard InChI is InChI=1S/C14H20N4/c1-11(2)12-4-3-8-18(9-5-12)14-13(10-15)16-6-7-17-14/h6-7,11-12H,3-5,8-9H2,1-2H3/t12-/m1/s1. The fraction of sp³-hybridized carbons (Fsp3) is 0.643. The minimum atomic E-state index is 0.445. The van der Waals surface area contributed by atoms with Crippen LogP contribution in [0.15, 0.2) is 12.4 Å². The molecule has 1 aliphatic heterocycles. The topological polar surface area (TPSA) is 52.8 Å². The Hall–Kier alpha value is -1.63. The molecule has 96 valence electrons. The molecule has 18 heavy (non-hydrogen) atoms. The maximum absolute atomic E-state index is 9.08. The van der Waals surface area contributed by atoms with Crippen LogP contribution in [0.25, 0.3) is 0 Å². The zero-order chi connectivity index (χ0) is 13.0. The Morgan fingerprint density at radius 2 is 2.06 bits per heavy atom.